The third-order valence-electron chi connectivity index (χ3n) is 3.73. The largest absolute Gasteiger partial charge is 0.456 e. The van der Waals surface area contributed by atoms with Crippen LogP contribution in [0.5, 0.6) is 0 Å². The number of hydrogen-bond donors (Lipinski definition) is 0. The van der Waals surface area contributed by atoms with Crippen molar-refractivity contribution in [3.8, 4) is 0 Å². The van der Waals surface area contributed by atoms with Crippen molar-refractivity contribution in [3.63, 3.8) is 0 Å². The molecule has 1 saturated carbocycles. The van der Waals surface area contributed by atoms with Crippen LogP contribution < -0.4 is 0 Å². The molecule has 0 spiro atoms. The summed E-state index contributed by atoms with van der Waals surface area (Å²) in [5.74, 6) is -1.68. The van der Waals surface area contributed by atoms with Crippen molar-refractivity contribution in [2.45, 2.75) is 38.7 Å². The quantitative estimate of drug-likeness (QED) is 0.631. The molecule has 6 heteroatoms. The highest BCUT2D eigenvalue weighted by Crippen LogP contribution is 2.49. The predicted octanol–water partition coefficient (Wildman–Crippen LogP) is 2.90. The van der Waals surface area contributed by atoms with Gasteiger partial charge >= 0.3 is 5.97 Å². The standard InChI is InChI=1S/C17H22FNO4/c1-17(2,3)23-16(21)10-6-7-11(14(18)8-10)12-9-13(12)15(20)19(4)22-5/h6-8,12-13H,9H2,1-5H3/t12-,13+/m0/s1. The zero-order valence-electron chi connectivity index (χ0n) is 14.1. The Morgan fingerprint density at radius 3 is 2.48 bits per heavy atom. The van der Waals surface area contributed by atoms with Gasteiger partial charge in [0.05, 0.1) is 12.7 Å². The highest BCUT2D eigenvalue weighted by Gasteiger charge is 2.46. The van der Waals surface area contributed by atoms with E-state index >= 15 is 0 Å². The van der Waals surface area contributed by atoms with E-state index in [-0.39, 0.29) is 23.3 Å². The van der Waals surface area contributed by atoms with Crippen molar-refractivity contribution in [2.75, 3.05) is 14.2 Å². The van der Waals surface area contributed by atoms with E-state index in [0.29, 0.717) is 12.0 Å². The highest BCUT2D eigenvalue weighted by molar-refractivity contribution is 5.90. The Hall–Kier alpha value is -1.95. The van der Waals surface area contributed by atoms with E-state index in [2.05, 4.69) is 0 Å². The van der Waals surface area contributed by atoms with Crippen molar-refractivity contribution in [2.24, 2.45) is 5.92 Å². The Morgan fingerprint density at radius 2 is 1.96 bits per heavy atom. The predicted molar refractivity (Wildman–Crippen MR) is 82.2 cm³/mol. The average molecular weight is 323 g/mol. The third kappa shape index (κ3) is 4.07. The number of hydroxylamine groups is 2. The molecule has 0 aliphatic heterocycles. The molecule has 1 amide bonds. The lowest BCUT2D eigenvalue weighted by atomic mass is 10.1. The summed E-state index contributed by atoms with van der Waals surface area (Å²) in [6.45, 7) is 5.26. The van der Waals surface area contributed by atoms with Gasteiger partial charge in [-0.3, -0.25) is 9.63 Å². The Balaban J connectivity index is 2.10. The molecule has 0 saturated heterocycles. The molecule has 0 heterocycles. The molecule has 0 unspecified atom stereocenters. The molecule has 5 nitrogen and oxygen atoms in total. The minimum absolute atomic E-state index is 0.165. The smallest absolute Gasteiger partial charge is 0.338 e. The highest BCUT2D eigenvalue weighted by atomic mass is 19.1. The molecule has 0 radical (unpaired) electrons. The molecule has 2 atom stereocenters. The van der Waals surface area contributed by atoms with Crippen molar-refractivity contribution in [3.05, 3.63) is 35.1 Å². The first-order chi connectivity index (χ1) is 10.6. The van der Waals surface area contributed by atoms with E-state index < -0.39 is 17.4 Å². The Morgan fingerprint density at radius 1 is 1.30 bits per heavy atom. The number of carbonyl (C=O) groups excluding carboxylic acids is 2. The van der Waals surface area contributed by atoms with E-state index in [1.807, 2.05) is 0 Å². The van der Waals surface area contributed by atoms with Crippen LogP contribution in [-0.4, -0.2) is 36.7 Å². The van der Waals surface area contributed by atoms with Gasteiger partial charge in [-0.1, -0.05) is 6.07 Å². The topological polar surface area (TPSA) is 55.8 Å². The van der Waals surface area contributed by atoms with E-state index in [0.717, 1.165) is 5.06 Å². The summed E-state index contributed by atoms with van der Waals surface area (Å²) in [4.78, 5) is 28.8. The van der Waals surface area contributed by atoms with E-state index in [4.69, 9.17) is 9.57 Å². The molecule has 2 rings (SSSR count). The van der Waals surface area contributed by atoms with Crippen molar-refractivity contribution >= 4 is 11.9 Å². The molecule has 1 aliphatic rings. The van der Waals surface area contributed by atoms with Gasteiger partial charge in [0, 0.05) is 13.0 Å². The third-order valence-corrected chi connectivity index (χ3v) is 3.73. The zero-order valence-corrected chi connectivity index (χ0v) is 14.1. The van der Waals surface area contributed by atoms with Gasteiger partial charge in [0.2, 0.25) is 5.91 Å². The van der Waals surface area contributed by atoms with Crippen LogP contribution in [0.4, 0.5) is 4.39 Å². The van der Waals surface area contributed by atoms with Gasteiger partial charge in [0.15, 0.2) is 0 Å². The van der Waals surface area contributed by atoms with Gasteiger partial charge in [-0.25, -0.2) is 14.2 Å². The van der Waals surface area contributed by atoms with Gasteiger partial charge in [0.25, 0.3) is 0 Å². The number of halogens is 1. The zero-order chi connectivity index (χ0) is 17.4. The second-order valence-corrected chi connectivity index (χ2v) is 6.71. The number of ether oxygens (including phenoxy) is 1. The van der Waals surface area contributed by atoms with Crippen molar-refractivity contribution in [1.82, 2.24) is 5.06 Å². The minimum Gasteiger partial charge on any atom is -0.456 e. The lowest BCUT2D eigenvalue weighted by Crippen LogP contribution is -2.27. The van der Waals surface area contributed by atoms with Crippen LogP contribution in [0, 0.1) is 11.7 Å². The molecule has 126 valence electrons. The van der Waals surface area contributed by atoms with Crippen LogP contribution in [0.2, 0.25) is 0 Å². The molecule has 1 fully saturated rings. The van der Waals surface area contributed by atoms with Gasteiger partial charge in [-0.15, -0.1) is 0 Å². The van der Waals surface area contributed by atoms with Crippen LogP contribution >= 0.6 is 0 Å². The maximum absolute atomic E-state index is 14.3. The maximum atomic E-state index is 14.3. The number of benzene rings is 1. The van der Waals surface area contributed by atoms with Gasteiger partial charge in [-0.05, 0) is 50.8 Å². The maximum Gasteiger partial charge on any atom is 0.338 e. The normalized spacial score (nSPS) is 20.1. The monoisotopic (exact) mass is 323 g/mol. The van der Waals surface area contributed by atoms with E-state index in [9.17, 15) is 14.0 Å². The Labute approximate surface area is 135 Å². The van der Waals surface area contributed by atoms with Gasteiger partial charge in [-0.2, -0.15) is 0 Å². The fraction of sp³-hybridized carbons (Fsp3) is 0.529. The number of rotatable bonds is 4. The van der Waals surface area contributed by atoms with Gasteiger partial charge in [0.1, 0.15) is 11.4 Å². The minimum atomic E-state index is -0.634. The fourth-order valence-electron chi connectivity index (χ4n) is 2.43. The number of amides is 1. The first-order valence-electron chi connectivity index (χ1n) is 7.48. The summed E-state index contributed by atoms with van der Waals surface area (Å²) >= 11 is 0. The number of esters is 1. The number of carbonyl (C=O) groups is 2. The van der Waals surface area contributed by atoms with Crippen LogP contribution in [0.3, 0.4) is 0 Å². The SMILES string of the molecule is CON(C)C(=O)[C@@H]1C[C@H]1c1ccc(C(=O)OC(C)(C)C)cc1F. The Kier molecular flexibility index (Phi) is 4.75. The summed E-state index contributed by atoms with van der Waals surface area (Å²) in [6, 6.07) is 4.26. The molecular formula is C17H22FNO4. The van der Waals surface area contributed by atoms with Crippen LogP contribution in [-0.2, 0) is 14.4 Å². The second-order valence-electron chi connectivity index (χ2n) is 6.71. The summed E-state index contributed by atoms with van der Waals surface area (Å²) in [7, 11) is 2.94. The van der Waals surface area contributed by atoms with Crippen molar-refractivity contribution in [1.29, 1.82) is 0 Å². The van der Waals surface area contributed by atoms with Crippen molar-refractivity contribution < 1.29 is 23.6 Å². The van der Waals surface area contributed by atoms with Crippen LogP contribution in [0.15, 0.2) is 18.2 Å². The summed E-state index contributed by atoms with van der Waals surface area (Å²) in [5, 5.41) is 1.15. The summed E-state index contributed by atoms with van der Waals surface area (Å²) in [5.41, 5.74) is -0.0239. The Bertz CT molecular complexity index is 624. The average Bonchev–Trinajstić information content (AvgIpc) is 3.23. The molecular weight excluding hydrogens is 301 g/mol. The molecule has 0 N–H and O–H groups in total. The summed E-state index contributed by atoms with van der Waals surface area (Å²) in [6.07, 6.45) is 0.579. The van der Waals surface area contributed by atoms with Gasteiger partial charge < -0.3 is 4.74 Å². The lowest BCUT2D eigenvalue weighted by molar-refractivity contribution is -0.170. The molecule has 1 aromatic carbocycles. The number of nitrogens with zero attached hydrogens (tertiary/aromatic N) is 1. The first kappa shape index (κ1) is 17.4. The number of hydrogen-bond acceptors (Lipinski definition) is 4. The molecule has 0 aromatic heterocycles. The molecule has 1 aromatic rings. The fourth-order valence-corrected chi connectivity index (χ4v) is 2.43. The molecule has 1 aliphatic carbocycles. The molecule has 23 heavy (non-hydrogen) atoms. The van der Waals surface area contributed by atoms with Crippen LogP contribution in [0.1, 0.15) is 49.0 Å². The first-order valence-corrected chi connectivity index (χ1v) is 7.48. The lowest BCUT2D eigenvalue weighted by Gasteiger charge is -2.19. The van der Waals surface area contributed by atoms with E-state index in [1.54, 1.807) is 26.8 Å². The second kappa shape index (κ2) is 6.28. The summed E-state index contributed by atoms with van der Waals surface area (Å²) < 4.78 is 19.5. The molecule has 0 bridgehead atoms. The van der Waals surface area contributed by atoms with E-state index in [1.165, 1.54) is 26.3 Å². The van der Waals surface area contributed by atoms with Crippen LogP contribution in [0.25, 0.3) is 0 Å².